The third kappa shape index (κ3) is 3.80. The largest absolute Gasteiger partial charge is 0.358 e. The molecular formula is C27H22N8. The molecule has 0 aromatic carbocycles. The maximum Gasteiger partial charge on any atom is 0.181 e. The molecule has 6 heterocycles. The summed E-state index contributed by atoms with van der Waals surface area (Å²) in [5.41, 5.74) is 9.09. The van der Waals surface area contributed by atoms with Crippen LogP contribution in [0.5, 0.6) is 0 Å². The smallest absolute Gasteiger partial charge is 0.181 e. The highest BCUT2D eigenvalue weighted by atomic mass is 15.2. The third-order valence-electron chi connectivity index (χ3n) is 6.00. The number of anilines is 1. The molecule has 0 spiro atoms. The predicted octanol–water partition coefficient (Wildman–Crippen LogP) is 5.96. The Morgan fingerprint density at radius 1 is 0.886 bits per heavy atom. The van der Waals surface area contributed by atoms with Gasteiger partial charge in [-0.25, -0.2) is 4.98 Å². The fourth-order valence-corrected chi connectivity index (χ4v) is 4.15. The second kappa shape index (κ2) is 8.49. The maximum atomic E-state index is 4.62. The van der Waals surface area contributed by atoms with Crippen LogP contribution in [0.4, 0.5) is 5.69 Å². The fourth-order valence-electron chi connectivity index (χ4n) is 4.15. The van der Waals surface area contributed by atoms with Gasteiger partial charge in [-0.1, -0.05) is 13.5 Å². The standard InChI is InChI=1S/C27H22N8/c1-3-16(2)32-20-10-18(13-29-15-20)19-11-22-26(34-35-27(22)31-14-19)24-12-21-23(33-24)6-9-30-25(21)17-4-7-28-8-5-17/h4-15,32-33H,2-3H2,1H3,(H,31,34,35). The van der Waals surface area contributed by atoms with Crippen LogP contribution in [0.25, 0.3) is 55.7 Å². The maximum absolute atomic E-state index is 4.62. The lowest BCUT2D eigenvalue weighted by Gasteiger charge is -2.09. The lowest BCUT2D eigenvalue weighted by molar-refractivity contribution is 1.10. The Bertz CT molecular complexity index is 1680. The van der Waals surface area contributed by atoms with Crippen molar-refractivity contribution >= 4 is 27.6 Å². The summed E-state index contributed by atoms with van der Waals surface area (Å²) in [5, 5.41) is 12.8. The van der Waals surface area contributed by atoms with E-state index in [0.717, 1.165) is 67.9 Å². The van der Waals surface area contributed by atoms with E-state index in [-0.39, 0.29) is 0 Å². The Morgan fingerprint density at radius 3 is 2.60 bits per heavy atom. The van der Waals surface area contributed by atoms with Crippen molar-refractivity contribution in [1.29, 1.82) is 0 Å². The lowest BCUT2D eigenvalue weighted by Crippen LogP contribution is -1.97. The molecule has 35 heavy (non-hydrogen) atoms. The van der Waals surface area contributed by atoms with E-state index in [4.69, 9.17) is 0 Å². The minimum Gasteiger partial charge on any atom is -0.358 e. The summed E-state index contributed by atoms with van der Waals surface area (Å²) in [7, 11) is 0. The van der Waals surface area contributed by atoms with Crippen LogP contribution in [0.3, 0.4) is 0 Å². The van der Waals surface area contributed by atoms with E-state index < -0.39 is 0 Å². The van der Waals surface area contributed by atoms with Gasteiger partial charge in [0.05, 0.1) is 29.0 Å². The van der Waals surface area contributed by atoms with Gasteiger partial charge in [-0.05, 0) is 42.8 Å². The van der Waals surface area contributed by atoms with Crippen LogP contribution in [0.15, 0.2) is 85.9 Å². The van der Waals surface area contributed by atoms with E-state index in [1.807, 2.05) is 42.9 Å². The number of hydrogen-bond donors (Lipinski definition) is 3. The molecule has 3 N–H and O–H groups in total. The molecule has 0 unspecified atom stereocenters. The number of nitrogens with one attached hydrogen (secondary N) is 3. The van der Waals surface area contributed by atoms with Crippen LogP contribution in [0, 0.1) is 0 Å². The summed E-state index contributed by atoms with van der Waals surface area (Å²) in [6.07, 6.45) is 11.6. The first-order chi connectivity index (χ1) is 17.2. The number of nitrogens with zero attached hydrogens (tertiary/aromatic N) is 5. The van der Waals surface area contributed by atoms with Crippen molar-refractivity contribution in [3.8, 4) is 33.8 Å². The van der Waals surface area contributed by atoms with Crippen LogP contribution in [0.2, 0.25) is 0 Å². The summed E-state index contributed by atoms with van der Waals surface area (Å²) < 4.78 is 0. The van der Waals surface area contributed by atoms with Gasteiger partial charge in [0.1, 0.15) is 0 Å². The molecule has 170 valence electrons. The van der Waals surface area contributed by atoms with Gasteiger partial charge in [0.15, 0.2) is 5.65 Å². The van der Waals surface area contributed by atoms with Crippen molar-refractivity contribution in [1.82, 2.24) is 35.1 Å². The summed E-state index contributed by atoms with van der Waals surface area (Å²) in [5.74, 6) is 0. The minimum absolute atomic E-state index is 0.650. The van der Waals surface area contributed by atoms with Crippen molar-refractivity contribution in [2.75, 3.05) is 5.32 Å². The number of pyridine rings is 4. The van der Waals surface area contributed by atoms with Crippen molar-refractivity contribution in [2.24, 2.45) is 0 Å². The van der Waals surface area contributed by atoms with E-state index >= 15 is 0 Å². The average molecular weight is 459 g/mol. The monoisotopic (exact) mass is 458 g/mol. The van der Waals surface area contributed by atoms with Gasteiger partial charge in [0.2, 0.25) is 0 Å². The fraction of sp³-hybridized carbons (Fsp3) is 0.0741. The third-order valence-corrected chi connectivity index (χ3v) is 6.00. The van der Waals surface area contributed by atoms with E-state index in [1.54, 1.807) is 18.6 Å². The molecule has 0 bridgehead atoms. The second-order valence-electron chi connectivity index (χ2n) is 8.28. The highest BCUT2D eigenvalue weighted by Crippen LogP contribution is 2.33. The molecular weight excluding hydrogens is 436 g/mol. The van der Waals surface area contributed by atoms with Crippen molar-refractivity contribution in [3.05, 3.63) is 85.9 Å². The molecule has 0 fully saturated rings. The zero-order valence-corrected chi connectivity index (χ0v) is 19.1. The molecule has 0 saturated heterocycles. The molecule has 8 heteroatoms. The molecule has 0 saturated carbocycles. The van der Waals surface area contributed by atoms with E-state index in [2.05, 4.69) is 66.1 Å². The first-order valence-electron chi connectivity index (χ1n) is 11.3. The van der Waals surface area contributed by atoms with Crippen LogP contribution in [0.1, 0.15) is 13.3 Å². The first-order valence-corrected chi connectivity index (χ1v) is 11.3. The van der Waals surface area contributed by atoms with Gasteiger partial charge in [-0.3, -0.25) is 20.1 Å². The highest BCUT2D eigenvalue weighted by molar-refractivity contribution is 6.00. The molecule has 6 rings (SSSR count). The average Bonchev–Trinajstić information content (AvgIpc) is 3.53. The summed E-state index contributed by atoms with van der Waals surface area (Å²) in [6, 6.07) is 12.1. The van der Waals surface area contributed by atoms with Crippen molar-refractivity contribution in [2.45, 2.75) is 13.3 Å². The molecule has 8 nitrogen and oxygen atoms in total. The zero-order valence-electron chi connectivity index (χ0n) is 19.1. The number of allylic oxidation sites excluding steroid dienone is 1. The van der Waals surface area contributed by atoms with Crippen molar-refractivity contribution in [3.63, 3.8) is 0 Å². The molecule has 0 amide bonds. The zero-order chi connectivity index (χ0) is 23.8. The summed E-state index contributed by atoms with van der Waals surface area (Å²) in [6.45, 7) is 6.08. The first kappa shape index (κ1) is 20.7. The van der Waals surface area contributed by atoms with Gasteiger partial charge < -0.3 is 10.3 Å². The highest BCUT2D eigenvalue weighted by Gasteiger charge is 2.15. The molecule has 0 aliphatic rings. The number of fused-ring (bicyclic) bond motifs is 2. The topological polar surface area (TPSA) is 108 Å². The van der Waals surface area contributed by atoms with Crippen molar-refractivity contribution < 1.29 is 0 Å². The van der Waals surface area contributed by atoms with Gasteiger partial charge in [-0.15, -0.1) is 0 Å². The van der Waals surface area contributed by atoms with Crippen LogP contribution >= 0.6 is 0 Å². The minimum atomic E-state index is 0.650. The second-order valence-corrected chi connectivity index (χ2v) is 8.28. The Balaban J connectivity index is 1.43. The van der Waals surface area contributed by atoms with Gasteiger partial charge in [0.25, 0.3) is 0 Å². The summed E-state index contributed by atoms with van der Waals surface area (Å²) in [4.78, 5) is 21.2. The number of H-pyrrole nitrogens is 2. The Hall–Kier alpha value is -4.85. The predicted molar refractivity (Wildman–Crippen MR) is 138 cm³/mol. The number of aromatic amines is 2. The van der Waals surface area contributed by atoms with Crippen LogP contribution < -0.4 is 5.32 Å². The molecule has 6 aromatic heterocycles. The Kier molecular flexibility index (Phi) is 5.03. The van der Waals surface area contributed by atoms with Gasteiger partial charge >= 0.3 is 0 Å². The Morgan fingerprint density at radius 2 is 1.74 bits per heavy atom. The number of aromatic nitrogens is 7. The van der Waals surface area contributed by atoms with Gasteiger partial charge in [-0.2, -0.15) is 5.10 Å². The molecule has 0 aliphatic heterocycles. The van der Waals surface area contributed by atoms with Gasteiger partial charge in [0, 0.05) is 69.7 Å². The molecule has 0 atom stereocenters. The molecule has 6 aromatic rings. The van der Waals surface area contributed by atoms with Crippen LogP contribution in [-0.4, -0.2) is 35.1 Å². The number of rotatable bonds is 6. The summed E-state index contributed by atoms with van der Waals surface area (Å²) >= 11 is 0. The molecule has 0 aliphatic carbocycles. The number of hydrogen-bond acceptors (Lipinski definition) is 6. The van der Waals surface area contributed by atoms with E-state index in [1.165, 1.54) is 0 Å². The molecule has 0 radical (unpaired) electrons. The Labute approximate surface area is 201 Å². The van der Waals surface area contributed by atoms with E-state index in [0.29, 0.717) is 5.65 Å². The lowest BCUT2D eigenvalue weighted by atomic mass is 10.1. The quantitative estimate of drug-likeness (QED) is 0.284. The normalized spacial score (nSPS) is 11.2. The van der Waals surface area contributed by atoms with Crippen LogP contribution in [-0.2, 0) is 0 Å². The van der Waals surface area contributed by atoms with E-state index in [9.17, 15) is 0 Å². The SMILES string of the molecule is C=C(CC)Nc1cncc(-c2cnc3n[nH]c(-c4cc5c(-c6ccncc6)nccc5[nH]4)c3c2)c1.